The van der Waals surface area contributed by atoms with E-state index in [9.17, 15) is 4.79 Å². The van der Waals surface area contributed by atoms with Gasteiger partial charge in [-0.25, -0.2) is 9.99 Å². The van der Waals surface area contributed by atoms with E-state index in [4.69, 9.17) is 10.1 Å². The van der Waals surface area contributed by atoms with Gasteiger partial charge >= 0.3 is 0 Å². The zero-order valence-electron chi connectivity index (χ0n) is 12.2. The first-order chi connectivity index (χ1) is 10.6. The molecule has 1 aliphatic heterocycles. The molecule has 6 nitrogen and oxygen atoms in total. The lowest BCUT2D eigenvalue weighted by molar-refractivity contribution is -0.123. The zero-order chi connectivity index (χ0) is 15.7. The van der Waals surface area contributed by atoms with Gasteiger partial charge in [0, 0.05) is 10.9 Å². The van der Waals surface area contributed by atoms with Gasteiger partial charge in [-0.2, -0.15) is 5.10 Å². The summed E-state index contributed by atoms with van der Waals surface area (Å²) < 4.78 is 5.13. The predicted octanol–water partition coefficient (Wildman–Crippen LogP) is 2.56. The molecular weight excluding hydrogens is 300 g/mol. The molecule has 1 aromatic carbocycles. The number of benzene rings is 1. The number of nitrogens with one attached hydrogen (secondary N) is 1. The molecular formula is C15H14N4O2S. The van der Waals surface area contributed by atoms with Crippen LogP contribution < -0.4 is 4.74 Å². The summed E-state index contributed by atoms with van der Waals surface area (Å²) in [6.45, 7) is 1.95. The first kappa shape index (κ1) is 14.4. The van der Waals surface area contributed by atoms with E-state index >= 15 is 0 Å². The van der Waals surface area contributed by atoms with Crippen LogP contribution in [0.15, 0.2) is 34.7 Å². The molecule has 0 spiro atoms. The van der Waals surface area contributed by atoms with Crippen LogP contribution in [-0.4, -0.2) is 34.4 Å². The maximum Gasteiger partial charge on any atom is 0.294 e. The number of hydrazone groups is 1. The number of amides is 1. The maximum absolute atomic E-state index is 11.8. The minimum Gasteiger partial charge on any atom is -0.497 e. The van der Waals surface area contributed by atoms with Gasteiger partial charge in [-0.1, -0.05) is 0 Å². The van der Waals surface area contributed by atoms with Crippen molar-refractivity contribution in [2.24, 2.45) is 5.10 Å². The number of hydrogen-bond donors (Lipinski definition) is 1. The number of methoxy groups -OCH3 is 1. The monoisotopic (exact) mass is 314 g/mol. The molecule has 0 radical (unpaired) electrons. The topological polar surface area (TPSA) is 78.6 Å². The Bertz CT molecular complexity index is 764. The summed E-state index contributed by atoms with van der Waals surface area (Å²) in [5.74, 6) is 0.420. The van der Waals surface area contributed by atoms with Crippen molar-refractivity contribution in [1.82, 2.24) is 9.99 Å². The fraction of sp³-hybridized carbons (Fsp3) is 0.200. The number of rotatable bonds is 4. The summed E-state index contributed by atoms with van der Waals surface area (Å²) in [6, 6.07) is 7.65. The van der Waals surface area contributed by atoms with E-state index in [1.807, 2.05) is 29.6 Å². The fourth-order valence-corrected chi connectivity index (χ4v) is 2.86. The van der Waals surface area contributed by atoms with Crippen LogP contribution in [-0.2, 0) is 11.3 Å². The summed E-state index contributed by atoms with van der Waals surface area (Å²) in [4.78, 5) is 16.3. The van der Waals surface area contributed by atoms with E-state index in [1.165, 1.54) is 16.3 Å². The minimum atomic E-state index is -0.376. The predicted molar refractivity (Wildman–Crippen MR) is 85.5 cm³/mol. The minimum absolute atomic E-state index is 0.0491. The Hall–Kier alpha value is -2.54. The van der Waals surface area contributed by atoms with E-state index in [1.54, 1.807) is 14.0 Å². The largest absolute Gasteiger partial charge is 0.497 e. The van der Waals surface area contributed by atoms with Crippen molar-refractivity contribution < 1.29 is 9.53 Å². The van der Waals surface area contributed by atoms with Crippen LogP contribution in [0.4, 0.5) is 0 Å². The van der Waals surface area contributed by atoms with Gasteiger partial charge in [-0.3, -0.25) is 10.2 Å². The summed E-state index contributed by atoms with van der Waals surface area (Å²) >= 11 is 1.47. The molecule has 0 atom stereocenters. The van der Waals surface area contributed by atoms with Crippen molar-refractivity contribution in [1.29, 1.82) is 5.41 Å². The van der Waals surface area contributed by atoms with Crippen LogP contribution in [0, 0.1) is 5.41 Å². The Labute approximate surface area is 131 Å². The second-order valence-corrected chi connectivity index (χ2v) is 5.72. The maximum atomic E-state index is 11.8. The molecule has 7 heteroatoms. The van der Waals surface area contributed by atoms with E-state index in [-0.39, 0.29) is 11.6 Å². The first-order valence-electron chi connectivity index (χ1n) is 6.63. The number of aromatic nitrogens is 1. The molecule has 1 amide bonds. The number of carbonyl (C=O) groups excluding carboxylic acids is 1. The zero-order valence-corrected chi connectivity index (χ0v) is 13.0. The lowest BCUT2D eigenvalue weighted by Crippen LogP contribution is -2.26. The Morgan fingerprint density at radius 1 is 1.32 bits per heavy atom. The molecule has 2 aromatic rings. The molecule has 1 N–H and O–H groups in total. The highest BCUT2D eigenvalue weighted by atomic mass is 32.1. The molecule has 112 valence electrons. The Morgan fingerprint density at radius 2 is 2.05 bits per heavy atom. The first-order valence-corrected chi connectivity index (χ1v) is 7.51. The van der Waals surface area contributed by atoms with E-state index < -0.39 is 0 Å². The molecule has 3 rings (SSSR count). The van der Waals surface area contributed by atoms with Crippen LogP contribution in [0.25, 0.3) is 11.3 Å². The van der Waals surface area contributed by atoms with Crippen molar-refractivity contribution in [3.8, 4) is 17.0 Å². The summed E-state index contributed by atoms with van der Waals surface area (Å²) in [6.07, 6.45) is 0. The average molecular weight is 314 g/mol. The van der Waals surface area contributed by atoms with Gasteiger partial charge in [-0.15, -0.1) is 11.3 Å². The van der Waals surface area contributed by atoms with Gasteiger partial charge in [0.1, 0.15) is 16.5 Å². The van der Waals surface area contributed by atoms with Gasteiger partial charge < -0.3 is 4.74 Å². The molecule has 1 aromatic heterocycles. The van der Waals surface area contributed by atoms with E-state index in [0.717, 1.165) is 22.0 Å². The molecule has 0 bridgehead atoms. The Kier molecular flexibility index (Phi) is 3.72. The molecule has 2 heterocycles. The molecule has 22 heavy (non-hydrogen) atoms. The molecule has 0 saturated heterocycles. The highest BCUT2D eigenvalue weighted by Gasteiger charge is 2.28. The van der Waals surface area contributed by atoms with Crippen molar-refractivity contribution in [2.75, 3.05) is 7.11 Å². The fourth-order valence-electron chi connectivity index (χ4n) is 2.07. The van der Waals surface area contributed by atoms with Gasteiger partial charge in [0.05, 0.1) is 25.1 Å². The van der Waals surface area contributed by atoms with Crippen molar-refractivity contribution >= 4 is 28.7 Å². The van der Waals surface area contributed by atoms with Gasteiger partial charge in [-0.05, 0) is 31.2 Å². The van der Waals surface area contributed by atoms with Crippen LogP contribution >= 0.6 is 11.3 Å². The second kappa shape index (κ2) is 5.69. The van der Waals surface area contributed by atoms with E-state index in [2.05, 4.69) is 10.1 Å². The smallest absolute Gasteiger partial charge is 0.294 e. The third-order valence-electron chi connectivity index (χ3n) is 3.30. The second-order valence-electron chi connectivity index (χ2n) is 4.78. The summed E-state index contributed by atoms with van der Waals surface area (Å²) in [7, 11) is 1.63. The van der Waals surface area contributed by atoms with Crippen LogP contribution in [0.1, 0.15) is 11.9 Å². The Morgan fingerprint density at radius 3 is 2.64 bits per heavy atom. The van der Waals surface area contributed by atoms with Gasteiger partial charge in [0.25, 0.3) is 5.91 Å². The van der Waals surface area contributed by atoms with Crippen molar-refractivity contribution in [3.05, 3.63) is 34.7 Å². The number of nitrogens with zero attached hydrogens (tertiary/aromatic N) is 3. The third-order valence-corrected chi connectivity index (χ3v) is 4.14. The van der Waals surface area contributed by atoms with Crippen molar-refractivity contribution in [2.45, 2.75) is 13.5 Å². The summed E-state index contributed by atoms with van der Waals surface area (Å²) in [5, 5.41) is 15.7. The Balaban J connectivity index is 1.76. The quantitative estimate of drug-likeness (QED) is 0.942. The number of carbonyl (C=O) groups is 1. The number of ether oxygens (including phenoxy) is 1. The standard InChI is InChI=1S/C15H14N4O2S/c1-9-14(16)15(20)19(18-9)7-13-17-12(8-22-13)10-3-5-11(21-2)6-4-10/h3-6,8,16H,7H2,1-2H3. The van der Waals surface area contributed by atoms with Crippen LogP contribution in [0.3, 0.4) is 0 Å². The highest BCUT2D eigenvalue weighted by Crippen LogP contribution is 2.25. The number of thiazole rings is 1. The lowest BCUT2D eigenvalue weighted by atomic mass is 10.2. The lowest BCUT2D eigenvalue weighted by Gasteiger charge is -2.08. The SMILES string of the molecule is COc1ccc(-c2csc(CN3N=C(C)C(=N)C3=O)n2)cc1. The van der Waals surface area contributed by atoms with Crippen molar-refractivity contribution in [3.63, 3.8) is 0 Å². The summed E-state index contributed by atoms with van der Waals surface area (Å²) in [5.41, 5.74) is 2.23. The van der Waals surface area contributed by atoms with Gasteiger partial charge in [0.15, 0.2) is 0 Å². The van der Waals surface area contributed by atoms with Gasteiger partial charge in [0.2, 0.25) is 0 Å². The van der Waals surface area contributed by atoms with E-state index in [0.29, 0.717) is 12.3 Å². The molecule has 0 fully saturated rings. The average Bonchev–Trinajstić information content (AvgIpc) is 3.09. The molecule has 1 aliphatic rings. The molecule has 0 saturated carbocycles. The van der Waals surface area contributed by atoms with Crippen LogP contribution in [0.2, 0.25) is 0 Å². The third kappa shape index (κ3) is 2.62. The molecule has 0 unspecified atom stereocenters. The number of hydrogen-bond acceptors (Lipinski definition) is 6. The molecule has 0 aliphatic carbocycles. The normalized spacial score (nSPS) is 14.5. The highest BCUT2D eigenvalue weighted by molar-refractivity contribution is 7.09. The van der Waals surface area contributed by atoms with Crippen LogP contribution in [0.5, 0.6) is 5.75 Å².